The molecule has 0 spiro atoms. The molecule has 3 N–H and O–H groups in total. The third-order valence-electron chi connectivity index (χ3n) is 4.33. The van der Waals surface area contributed by atoms with Gasteiger partial charge in [-0.3, -0.25) is 0 Å². The molecular formula is C16H26N2O. The molecule has 0 aliphatic carbocycles. The molecule has 0 amide bonds. The second-order valence-electron chi connectivity index (χ2n) is 5.77. The molecule has 19 heavy (non-hydrogen) atoms. The Kier molecular flexibility index (Phi) is 4.97. The number of hydrogen-bond donors (Lipinski definition) is 2. The van der Waals surface area contributed by atoms with Crippen molar-refractivity contribution in [3.63, 3.8) is 0 Å². The van der Waals surface area contributed by atoms with Gasteiger partial charge in [0.25, 0.3) is 0 Å². The number of rotatable bonds is 6. The zero-order valence-corrected chi connectivity index (χ0v) is 12.1. The third-order valence-corrected chi connectivity index (χ3v) is 4.33. The SMILES string of the molecule is CC1OCCC1(C)NCCCC(N)c1ccccc1. The lowest BCUT2D eigenvalue weighted by Crippen LogP contribution is -2.48. The highest BCUT2D eigenvalue weighted by atomic mass is 16.5. The van der Waals surface area contributed by atoms with Crippen molar-refractivity contribution in [2.45, 2.75) is 50.8 Å². The maximum absolute atomic E-state index is 6.20. The van der Waals surface area contributed by atoms with Crippen LogP contribution in [0.25, 0.3) is 0 Å². The summed E-state index contributed by atoms with van der Waals surface area (Å²) < 4.78 is 5.63. The van der Waals surface area contributed by atoms with Crippen LogP contribution in [0.3, 0.4) is 0 Å². The van der Waals surface area contributed by atoms with E-state index < -0.39 is 0 Å². The summed E-state index contributed by atoms with van der Waals surface area (Å²) in [6.07, 6.45) is 3.51. The van der Waals surface area contributed by atoms with Gasteiger partial charge in [0.15, 0.2) is 0 Å². The van der Waals surface area contributed by atoms with Crippen LogP contribution in [0.1, 0.15) is 44.7 Å². The number of nitrogens with two attached hydrogens (primary N) is 1. The van der Waals surface area contributed by atoms with Gasteiger partial charge in [-0.2, -0.15) is 0 Å². The fourth-order valence-electron chi connectivity index (χ4n) is 2.63. The van der Waals surface area contributed by atoms with E-state index >= 15 is 0 Å². The molecule has 0 bridgehead atoms. The Labute approximate surface area is 116 Å². The molecular weight excluding hydrogens is 236 g/mol. The molecule has 0 aromatic heterocycles. The van der Waals surface area contributed by atoms with Crippen molar-refractivity contribution in [3.8, 4) is 0 Å². The fraction of sp³-hybridized carbons (Fsp3) is 0.625. The van der Waals surface area contributed by atoms with Crippen LogP contribution in [-0.2, 0) is 4.74 Å². The highest BCUT2D eigenvalue weighted by molar-refractivity contribution is 5.18. The standard InChI is InChI=1S/C16H26N2O/c1-13-16(2,10-12-19-13)18-11-6-9-15(17)14-7-4-3-5-8-14/h3-5,7-8,13,15,18H,6,9-12,17H2,1-2H3. The Morgan fingerprint density at radius 2 is 2.16 bits per heavy atom. The monoisotopic (exact) mass is 262 g/mol. The Morgan fingerprint density at radius 3 is 2.79 bits per heavy atom. The summed E-state index contributed by atoms with van der Waals surface area (Å²) in [6, 6.07) is 10.5. The number of benzene rings is 1. The summed E-state index contributed by atoms with van der Waals surface area (Å²) in [5, 5.41) is 3.63. The topological polar surface area (TPSA) is 47.3 Å². The van der Waals surface area contributed by atoms with Gasteiger partial charge in [-0.1, -0.05) is 30.3 Å². The van der Waals surface area contributed by atoms with Gasteiger partial charge in [0.2, 0.25) is 0 Å². The van der Waals surface area contributed by atoms with E-state index in [1.807, 2.05) is 18.2 Å². The molecule has 106 valence electrons. The minimum absolute atomic E-state index is 0.136. The quantitative estimate of drug-likeness (QED) is 0.775. The normalized spacial score (nSPS) is 28.5. The van der Waals surface area contributed by atoms with E-state index in [2.05, 4.69) is 31.3 Å². The number of nitrogens with one attached hydrogen (secondary N) is 1. The second-order valence-corrected chi connectivity index (χ2v) is 5.77. The number of ether oxygens (including phenoxy) is 1. The zero-order chi connectivity index (χ0) is 13.7. The van der Waals surface area contributed by atoms with Gasteiger partial charge in [0.1, 0.15) is 0 Å². The largest absolute Gasteiger partial charge is 0.377 e. The van der Waals surface area contributed by atoms with Crippen LogP contribution in [0.5, 0.6) is 0 Å². The zero-order valence-electron chi connectivity index (χ0n) is 12.1. The minimum Gasteiger partial charge on any atom is -0.377 e. The lowest BCUT2D eigenvalue weighted by molar-refractivity contribution is 0.0886. The Balaban J connectivity index is 1.70. The summed E-state index contributed by atoms with van der Waals surface area (Å²) >= 11 is 0. The van der Waals surface area contributed by atoms with E-state index in [9.17, 15) is 0 Å². The van der Waals surface area contributed by atoms with Crippen LogP contribution < -0.4 is 11.1 Å². The summed E-state index contributed by atoms with van der Waals surface area (Å²) in [4.78, 5) is 0. The van der Waals surface area contributed by atoms with Gasteiger partial charge in [0.05, 0.1) is 6.10 Å². The Bertz CT molecular complexity index is 382. The smallest absolute Gasteiger partial charge is 0.0726 e. The van der Waals surface area contributed by atoms with Gasteiger partial charge < -0.3 is 15.8 Å². The van der Waals surface area contributed by atoms with Crippen molar-refractivity contribution in [1.82, 2.24) is 5.32 Å². The summed E-state index contributed by atoms with van der Waals surface area (Å²) in [7, 11) is 0. The molecule has 3 unspecified atom stereocenters. The Morgan fingerprint density at radius 1 is 1.42 bits per heavy atom. The van der Waals surface area contributed by atoms with Crippen molar-refractivity contribution in [2.24, 2.45) is 5.73 Å². The van der Waals surface area contributed by atoms with E-state index in [0.29, 0.717) is 6.10 Å². The van der Waals surface area contributed by atoms with Crippen LogP contribution in [-0.4, -0.2) is 24.8 Å². The molecule has 3 nitrogen and oxygen atoms in total. The van der Waals surface area contributed by atoms with Gasteiger partial charge >= 0.3 is 0 Å². The highest BCUT2D eigenvalue weighted by Crippen LogP contribution is 2.25. The molecule has 1 aliphatic rings. The summed E-state index contributed by atoms with van der Waals surface area (Å²) in [5.74, 6) is 0. The first-order valence-corrected chi connectivity index (χ1v) is 7.29. The first kappa shape index (κ1) is 14.5. The van der Waals surface area contributed by atoms with Crippen molar-refractivity contribution < 1.29 is 4.74 Å². The van der Waals surface area contributed by atoms with Gasteiger partial charge in [-0.05, 0) is 45.2 Å². The van der Waals surface area contributed by atoms with Crippen molar-refractivity contribution >= 4 is 0 Å². The van der Waals surface area contributed by atoms with E-state index in [1.54, 1.807) is 0 Å². The maximum atomic E-state index is 6.20. The first-order valence-electron chi connectivity index (χ1n) is 7.29. The molecule has 1 aromatic rings. The van der Waals surface area contributed by atoms with Crippen molar-refractivity contribution in [2.75, 3.05) is 13.2 Å². The number of hydrogen-bond acceptors (Lipinski definition) is 3. The van der Waals surface area contributed by atoms with Crippen LogP contribution in [0.15, 0.2) is 30.3 Å². The lowest BCUT2D eigenvalue weighted by Gasteiger charge is -2.29. The molecule has 1 saturated heterocycles. The van der Waals surface area contributed by atoms with Gasteiger partial charge in [0, 0.05) is 18.2 Å². The van der Waals surface area contributed by atoms with Crippen LogP contribution >= 0.6 is 0 Å². The first-order chi connectivity index (χ1) is 9.12. The third kappa shape index (κ3) is 3.78. The van der Waals surface area contributed by atoms with E-state index in [0.717, 1.165) is 32.4 Å². The predicted molar refractivity (Wildman–Crippen MR) is 79.0 cm³/mol. The molecule has 0 saturated carbocycles. The molecule has 3 atom stereocenters. The minimum atomic E-state index is 0.136. The van der Waals surface area contributed by atoms with Crippen molar-refractivity contribution in [3.05, 3.63) is 35.9 Å². The average Bonchev–Trinajstić information content (AvgIpc) is 2.76. The molecule has 1 heterocycles. The van der Waals surface area contributed by atoms with E-state index in [-0.39, 0.29) is 11.6 Å². The lowest BCUT2D eigenvalue weighted by atomic mass is 9.94. The van der Waals surface area contributed by atoms with Gasteiger partial charge in [-0.15, -0.1) is 0 Å². The van der Waals surface area contributed by atoms with Crippen molar-refractivity contribution in [1.29, 1.82) is 0 Å². The highest BCUT2D eigenvalue weighted by Gasteiger charge is 2.35. The predicted octanol–water partition coefficient (Wildman–Crippen LogP) is 2.62. The molecule has 1 fully saturated rings. The maximum Gasteiger partial charge on any atom is 0.0726 e. The van der Waals surface area contributed by atoms with Crippen LogP contribution in [0.2, 0.25) is 0 Å². The molecule has 1 aliphatic heterocycles. The van der Waals surface area contributed by atoms with Crippen LogP contribution in [0.4, 0.5) is 0 Å². The Hall–Kier alpha value is -0.900. The molecule has 0 radical (unpaired) electrons. The second kappa shape index (κ2) is 6.51. The van der Waals surface area contributed by atoms with Crippen LogP contribution in [0, 0.1) is 0 Å². The average molecular weight is 262 g/mol. The molecule has 1 aromatic carbocycles. The van der Waals surface area contributed by atoms with E-state index in [4.69, 9.17) is 10.5 Å². The summed E-state index contributed by atoms with van der Waals surface area (Å²) in [5.41, 5.74) is 7.56. The molecule has 2 rings (SSSR count). The molecule has 3 heteroatoms. The van der Waals surface area contributed by atoms with E-state index in [1.165, 1.54) is 5.56 Å². The summed E-state index contributed by atoms with van der Waals surface area (Å²) in [6.45, 7) is 6.27. The van der Waals surface area contributed by atoms with Gasteiger partial charge in [-0.25, -0.2) is 0 Å². The fourth-order valence-corrected chi connectivity index (χ4v) is 2.63.